The van der Waals surface area contributed by atoms with Crippen molar-refractivity contribution in [2.75, 3.05) is 4.90 Å². The summed E-state index contributed by atoms with van der Waals surface area (Å²) >= 11 is 0. The third-order valence-corrected chi connectivity index (χ3v) is 5.53. The van der Waals surface area contributed by atoms with Crippen LogP contribution in [0.1, 0.15) is 18.9 Å². The number of aryl methyl sites for hydroxylation is 1. The minimum absolute atomic E-state index is 0.170. The van der Waals surface area contributed by atoms with E-state index in [-0.39, 0.29) is 11.9 Å². The molecule has 0 saturated carbocycles. The monoisotopic (exact) mass is 339 g/mol. The maximum absolute atomic E-state index is 13.3. The summed E-state index contributed by atoms with van der Waals surface area (Å²) < 4.78 is 6.13. The summed E-state index contributed by atoms with van der Waals surface area (Å²) in [6.45, 7) is 7.89. The van der Waals surface area contributed by atoms with Crippen molar-refractivity contribution in [3.05, 3.63) is 54.1 Å². The van der Waals surface area contributed by atoms with E-state index < -0.39 is 29.5 Å². The topological polar surface area (TPSA) is 66.8 Å². The number of ether oxygens (including phenoxy) is 1. The van der Waals surface area contributed by atoms with Crippen LogP contribution in [0.2, 0.25) is 0 Å². The Kier molecular flexibility index (Phi) is 3.41. The summed E-state index contributed by atoms with van der Waals surface area (Å²) in [6, 6.07) is 7.44. The number of benzene rings is 1. The molecule has 5 nitrogen and oxygen atoms in total. The molecular weight excluding hydrogens is 318 g/mol. The Balaban J connectivity index is 1.85. The molecule has 1 aromatic rings. The predicted octanol–water partition coefficient (Wildman–Crippen LogP) is 2.70. The summed E-state index contributed by atoms with van der Waals surface area (Å²) in [5.41, 5.74) is 1.88. The second-order valence-electron chi connectivity index (χ2n) is 7.36. The molecule has 3 aliphatic rings. The lowest BCUT2D eigenvalue weighted by Crippen LogP contribution is -2.45. The summed E-state index contributed by atoms with van der Waals surface area (Å²) in [5.74, 6) is -2.67. The number of carbonyl (C=O) groups is 2. The minimum atomic E-state index is -0.977. The van der Waals surface area contributed by atoms with Gasteiger partial charge in [0, 0.05) is 5.69 Å². The molecular formula is C20H21NO4. The number of amides is 1. The molecule has 1 N–H and O–H groups in total. The van der Waals surface area contributed by atoms with E-state index >= 15 is 0 Å². The molecule has 25 heavy (non-hydrogen) atoms. The molecule has 1 aromatic carbocycles. The van der Waals surface area contributed by atoms with Gasteiger partial charge >= 0.3 is 5.97 Å². The van der Waals surface area contributed by atoms with E-state index in [0.717, 1.165) is 16.8 Å². The summed E-state index contributed by atoms with van der Waals surface area (Å²) in [5, 5.41) is 9.66. The lowest BCUT2D eigenvalue weighted by atomic mass is 9.74. The van der Waals surface area contributed by atoms with E-state index in [4.69, 9.17) is 4.74 Å². The number of carboxylic acids is 1. The van der Waals surface area contributed by atoms with E-state index in [1.807, 2.05) is 44.2 Å². The molecule has 2 saturated heterocycles. The number of hydrogen-bond acceptors (Lipinski definition) is 3. The molecule has 0 aliphatic carbocycles. The molecule has 4 rings (SSSR count). The molecule has 130 valence electrons. The van der Waals surface area contributed by atoms with Crippen LogP contribution in [0, 0.1) is 18.8 Å². The average molecular weight is 339 g/mol. The second kappa shape index (κ2) is 5.30. The van der Waals surface area contributed by atoms with Crippen LogP contribution in [0.3, 0.4) is 0 Å². The highest BCUT2D eigenvalue weighted by molar-refractivity contribution is 6.03. The number of aliphatic carboxylic acids is 1. The largest absolute Gasteiger partial charge is 0.481 e. The normalized spacial score (nSPS) is 35.3. The first-order valence-electron chi connectivity index (χ1n) is 8.49. The lowest BCUT2D eigenvalue weighted by Gasteiger charge is -2.33. The van der Waals surface area contributed by atoms with Gasteiger partial charge in [0.2, 0.25) is 5.91 Å². The van der Waals surface area contributed by atoms with Crippen LogP contribution in [0.5, 0.6) is 0 Å². The fourth-order valence-corrected chi connectivity index (χ4v) is 4.60. The first-order valence-corrected chi connectivity index (χ1v) is 8.49. The van der Waals surface area contributed by atoms with E-state index in [9.17, 15) is 14.7 Å². The van der Waals surface area contributed by atoms with Crippen molar-refractivity contribution in [3.63, 3.8) is 0 Å². The van der Waals surface area contributed by atoms with Gasteiger partial charge in [0.15, 0.2) is 0 Å². The van der Waals surface area contributed by atoms with Crippen LogP contribution >= 0.6 is 0 Å². The zero-order valence-corrected chi connectivity index (χ0v) is 14.3. The molecule has 2 bridgehead atoms. The van der Waals surface area contributed by atoms with Crippen LogP contribution in [-0.4, -0.2) is 34.7 Å². The van der Waals surface area contributed by atoms with Crippen LogP contribution in [-0.2, 0) is 14.3 Å². The lowest BCUT2D eigenvalue weighted by molar-refractivity contribution is -0.146. The van der Waals surface area contributed by atoms with E-state index in [1.165, 1.54) is 0 Å². The summed E-state index contributed by atoms with van der Waals surface area (Å²) in [7, 11) is 0. The third kappa shape index (κ3) is 2.12. The molecule has 0 aromatic heterocycles. The van der Waals surface area contributed by atoms with Gasteiger partial charge in [-0.05, 0) is 38.0 Å². The number of anilines is 1. The first kappa shape index (κ1) is 16.1. The van der Waals surface area contributed by atoms with E-state index in [2.05, 4.69) is 6.58 Å². The van der Waals surface area contributed by atoms with Crippen molar-refractivity contribution in [1.29, 1.82) is 0 Å². The predicted molar refractivity (Wildman–Crippen MR) is 93.2 cm³/mol. The van der Waals surface area contributed by atoms with Crippen LogP contribution in [0.4, 0.5) is 5.69 Å². The highest BCUT2D eigenvalue weighted by Crippen LogP contribution is 2.56. The number of hydrogen-bond donors (Lipinski definition) is 1. The van der Waals surface area contributed by atoms with Crippen molar-refractivity contribution < 1.29 is 19.4 Å². The van der Waals surface area contributed by atoms with Gasteiger partial charge in [0.1, 0.15) is 11.5 Å². The Labute approximate surface area is 146 Å². The van der Waals surface area contributed by atoms with Crippen molar-refractivity contribution in [1.82, 2.24) is 0 Å². The Hall–Kier alpha value is -2.40. The van der Waals surface area contributed by atoms with Gasteiger partial charge in [-0.1, -0.05) is 29.9 Å². The molecule has 3 aliphatic heterocycles. The highest BCUT2D eigenvalue weighted by atomic mass is 16.5. The van der Waals surface area contributed by atoms with Gasteiger partial charge in [0.25, 0.3) is 0 Å². The standard InChI is InChI=1S/C20H21NO4/c1-11(2)9-15-20-8-7-14(25-20)16(19(23)24)17(20)18(22)21(15)13-6-4-5-12(3)10-13/h4-8,10,14-17H,1,9H2,2-3H3,(H,23,24)/t14-,15-,16-,17+,20-/m0/s1. The van der Waals surface area contributed by atoms with Gasteiger partial charge in [0.05, 0.1) is 18.1 Å². The zero-order chi connectivity index (χ0) is 17.9. The maximum atomic E-state index is 13.3. The third-order valence-electron chi connectivity index (χ3n) is 5.53. The highest BCUT2D eigenvalue weighted by Gasteiger charge is 2.71. The zero-order valence-electron chi connectivity index (χ0n) is 14.3. The number of carboxylic acid groups (broad SMARTS) is 1. The van der Waals surface area contributed by atoms with Crippen molar-refractivity contribution >= 4 is 17.6 Å². The van der Waals surface area contributed by atoms with E-state index in [1.54, 1.807) is 11.0 Å². The van der Waals surface area contributed by atoms with Gasteiger partial charge in [-0.15, -0.1) is 6.58 Å². The molecule has 5 heteroatoms. The smallest absolute Gasteiger partial charge is 0.310 e. The molecule has 0 radical (unpaired) electrons. The molecule has 3 heterocycles. The molecule has 2 fully saturated rings. The number of fused-ring (bicyclic) bond motifs is 1. The van der Waals surface area contributed by atoms with Gasteiger partial charge < -0.3 is 14.7 Å². The second-order valence-corrected chi connectivity index (χ2v) is 7.36. The average Bonchev–Trinajstić information content (AvgIpc) is 3.16. The fraction of sp³-hybridized carbons (Fsp3) is 0.400. The first-order chi connectivity index (χ1) is 11.8. The summed E-state index contributed by atoms with van der Waals surface area (Å²) in [6.07, 6.45) is 3.75. The summed E-state index contributed by atoms with van der Waals surface area (Å²) in [4.78, 5) is 26.8. The van der Waals surface area contributed by atoms with Crippen LogP contribution in [0.25, 0.3) is 0 Å². The number of nitrogens with zero attached hydrogens (tertiary/aromatic N) is 1. The van der Waals surface area contributed by atoms with Crippen LogP contribution < -0.4 is 4.90 Å². The number of rotatable bonds is 4. The Morgan fingerprint density at radius 1 is 1.44 bits per heavy atom. The molecule has 1 amide bonds. The van der Waals surface area contributed by atoms with Crippen molar-refractivity contribution in [2.45, 2.75) is 38.0 Å². The Morgan fingerprint density at radius 3 is 2.84 bits per heavy atom. The SMILES string of the molecule is C=C(C)C[C@@H]1N(c2cccc(C)c2)C(=O)[C@H]2[C@@H](C(=O)O)[C@@H]3C=C[C@]12O3. The van der Waals surface area contributed by atoms with Gasteiger partial charge in [-0.25, -0.2) is 0 Å². The Morgan fingerprint density at radius 2 is 2.20 bits per heavy atom. The fourth-order valence-electron chi connectivity index (χ4n) is 4.60. The van der Waals surface area contributed by atoms with Gasteiger partial charge in [-0.3, -0.25) is 9.59 Å². The molecule has 1 spiro atoms. The molecule has 0 unspecified atom stereocenters. The quantitative estimate of drug-likeness (QED) is 0.857. The van der Waals surface area contributed by atoms with Crippen LogP contribution in [0.15, 0.2) is 48.6 Å². The maximum Gasteiger partial charge on any atom is 0.310 e. The van der Waals surface area contributed by atoms with Crippen molar-refractivity contribution in [3.8, 4) is 0 Å². The van der Waals surface area contributed by atoms with Crippen molar-refractivity contribution in [2.24, 2.45) is 11.8 Å². The Bertz CT molecular complexity index is 814. The molecule has 5 atom stereocenters. The number of carbonyl (C=O) groups excluding carboxylic acids is 1. The van der Waals surface area contributed by atoms with E-state index in [0.29, 0.717) is 6.42 Å². The minimum Gasteiger partial charge on any atom is -0.481 e. The van der Waals surface area contributed by atoms with Gasteiger partial charge in [-0.2, -0.15) is 0 Å².